The van der Waals surface area contributed by atoms with Gasteiger partial charge in [0.15, 0.2) is 6.04 Å². The first kappa shape index (κ1) is 19.2. The van der Waals surface area contributed by atoms with E-state index in [1.807, 2.05) is 0 Å². The number of piperidine rings is 1. The van der Waals surface area contributed by atoms with E-state index in [0.717, 1.165) is 17.0 Å². The number of ether oxygens (including phenoxy) is 1. The summed E-state index contributed by atoms with van der Waals surface area (Å²) in [5.74, 6) is -0.605. The lowest BCUT2D eigenvalue weighted by atomic mass is 9.96. The van der Waals surface area contributed by atoms with E-state index in [0.29, 0.717) is 31.6 Å². The summed E-state index contributed by atoms with van der Waals surface area (Å²) in [6.07, 6.45) is -3.09. The summed E-state index contributed by atoms with van der Waals surface area (Å²) < 4.78 is 42.4. The number of quaternary nitrogens is 1. The van der Waals surface area contributed by atoms with Crippen molar-refractivity contribution in [3.8, 4) is 0 Å². The van der Waals surface area contributed by atoms with E-state index in [1.54, 1.807) is 6.92 Å². The Morgan fingerprint density at radius 1 is 1.20 bits per heavy atom. The quantitative estimate of drug-likeness (QED) is 0.801. The second-order valence-corrected chi connectivity index (χ2v) is 6.24. The zero-order chi connectivity index (χ0) is 18.6. The van der Waals surface area contributed by atoms with E-state index in [-0.39, 0.29) is 23.8 Å². The summed E-state index contributed by atoms with van der Waals surface area (Å²) in [6, 6.07) is 4.00. The molecular formula is C17H22F3N2O3+. The third-order valence-electron chi connectivity index (χ3n) is 4.65. The Kier molecular flexibility index (Phi) is 6.05. The molecule has 0 spiro atoms. The fourth-order valence-corrected chi connectivity index (χ4v) is 3.00. The van der Waals surface area contributed by atoms with Gasteiger partial charge in [-0.2, -0.15) is 13.2 Å². The van der Waals surface area contributed by atoms with E-state index in [4.69, 9.17) is 4.74 Å². The van der Waals surface area contributed by atoms with Gasteiger partial charge in [-0.05, 0) is 31.2 Å². The molecular weight excluding hydrogens is 337 g/mol. The number of carbonyl (C=O) groups is 2. The normalized spacial score (nSPS) is 22.1. The van der Waals surface area contributed by atoms with Crippen LogP contribution in [0.15, 0.2) is 24.3 Å². The summed E-state index contributed by atoms with van der Waals surface area (Å²) in [4.78, 5) is 24.9. The maximum atomic E-state index is 12.5. The molecule has 1 heterocycles. The van der Waals surface area contributed by atoms with Gasteiger partial charge in [-0.1, -0.05) is 0 Å². The van der Waals surface area contributed by atoms with Crippen LogP contribution in [0.4, 0.5) is 18.9 Å². The van der Waals surface area contributed by atoms with Crippen molar-refractivity contribution in [3.63, 3.8) is 0 Å². The molecule has 0 aromatic heterocycles. The predicted molar refractivity (Wildman–Crippen MR) is 85.0 cm³/mol. The van der Waals surface area contributed by atoms with Crippen LogP contribution in [-0.4, -0.2) is 38.1 Å². The van der Waals surface area contributed by atoms with Crippen molar-refractivity contribution in [2.75, 3.05) is 25.5 Å². The number of methoxy groups -OCH3 is 1. The van der Waals surface area contributed by atoms with Crippen molar-refractivity contribution in [2.45, 2.75) is 32.0 Å². The largest absolute Gasteiger partial charge is 0.469 e. The fraction of sp³-hybridized carbons (Fsp3) is 0.529. The number of nitrogens with one attached hydrogen (secondary N) is 2. The Bertz CT molecular complexity index is 609. The Labute approximate surface area is 144 Å². The van der Waals surface area contributed by atoms with Crippen LogP contribution in [-0.2, 0) is 20.5 Å². The number of anilines is 1. The first-order valence-electron chi connectivity index (χ1n) is 8.13. The van der Waals surface area contributed by atoms with Crippen molar-refractivity contribution >= 4 is 17.6 Å². The van der Waals surface area contributed by atoms with E-state index in [2.05, 4.69) is 5.32 Å². The van der Waals surface area contributed by atoms with Gasteiger partial charge in [0.05, 0.1) is 31.7 Å². The highest BCUT2D eigenvalue weighted by molar-refractivity contribution is 5.93. The minimum Gasteiger partial charge on any atom is -0.469 e. The van der Waals surface area contributed by atoms with Gasteiger partial charge in [-0.3, -0.25) is 9.59 Å². The maximum absolute atomic E-state index is 12.5. The van der Waals surface area contributed by atoms with E-state index in [9.17, 15) is 22.8 Å². The number of halogens is 3. The second-order valence-electron chi connectivity index (χ2n) is 6.24. The molecule has 1 aromatic rings. The predicted octanol–water partition coefficient (Wildman–Crippen LogP) is 1.50. The molecule has 0 unspecified atom stereocenters. The maximum Gasteiger partial charge on any atom is 0.416 e. The average Bonchev–Trinajstić information content (AvgIpc) is 2.60. The zero-order valence-electron chi connectivity index (χ0n) is 14.2. The van der Waals surface area contributed by atoms with Gasteiger partial charge in [0.1, 0.15) is 0 Å². The van der Waals surface area contributed by atoms with Gasteiger partial charge in [-0.15, -0.1) is 0 Å². The van der Waals surface area contributed by atoms with Crippen LogP contribution in [0.1, 0.15) is 25.3 Å². The lowest BCUT2D eigenvalue weighted by molar-refractivity contribution is -0.919. The number of rotatable bonds is 4. The van der Waals surface area contributed by atoms with Crippen molar-refractivity contribution in [1.29, 1.82) is 0 Å². The van der Waals surface area contributed by atoms with Gasteiger partial charge in [0, 0.05) is 18.5 Å². The molecule has 0 radical (unpaired) electrons. The topological polar surface area (TPSA) is 59.8 Å². The van der Waals surface area contributed by atoms with Crippen molar-refractivity contribution in [3.05, 3.63) is 29.8 Å². The minimum atomic E-state index is -4.40. The van der Waals surface area contributed by atoms with Crippen LogP contribution < -0.4 is 10.2 Å². The van der Waals surface area contributed by atoms with Crippen LogP contribution in [0.2, 0.25) is 0 Å². The first-order chi connectivity index (χ1) is 11.7. The molecule has 1 saturated heterocycles. The zero-order valence-corrected chi connectivity index (χ0v) is 14.2. The fourth-order valence-electron chi connectivity index (χ4n) is 3.00. The lowest BCUT2D eigenvalue weighted by Gasteiger charge is -2.31. The van der Waals surface area contributed by atoms with Crippen LogP contribution in [0.3, 0.4) is 0 Å². The van der Waals surface area contributed by atoms with E-state index < -0.39 is 11.7 Å². The third-order valence-corrected chi connectivity index (χ3v) is 4.65. The Morgan fingerprint density at radius 2 is 1.76 bits per heavy atom. The standard InChI is InChI=1S/C17H21F3N2O3/c1-11(22-9-7-12(8-10-22)16(24)25-2)15(23)21-14-5-3-13(4-6-14)17(18,19)20/h3-6,11-12H,7-10H2,1-2H3,(H,21,23)/p+1/t11-/m1/s1. The summed E-state index contributed by atoms with van der Waals surface area (Å²) in [6.45, 7) is 3.11. The van der Waals surface area contributed by atoms with Crippen molar-refractivity contribution < 1.29 is 32.4 Å². The average molecular weight is 359 g/mol. The lowest BCUT2D eigenvalue weighted by Crippen LogP contribution is -3.17. The first-order valence-corrected chi connectivity index (χ1v) is 8.13. The molecule has 2 N–H and O–H groups in total. The van der Waals surface area contributed by atoms with Gasteiger partial charge < -0.3 is 15.0 Å². The number of carbonyl (C=O) groups excluding carboxylic acids is 2. The molecule has 0 aliphatic carbocycles. The van der Waals surface area contributed by atoms with Gasteiger partial charge in [-0.25, -0.2) is 0 Å². The smallest absolute Gasteiger partial charge is 0.416 e. The molecule has 1 aliphatic heterocycles. The number of esters is 1. The summed E-state index contributed by atoms with van der Waals surface area (Å²) in [7, 11) is 1.36. The summed E-state index contributed by atoms with van der Waals surface area (Å²) >= 11 is 0. The van der Waals surface area contributed by atoms with Crippen LogP contribution in [0.5, 0.6) is 0 Å². The number of hydrogen-bond acceptors (Lipinski definition) is 3. The minimum absolute atomic E-state index is 0.126. The second kappa shape index (κ2) is 7.86. The number of amides is 1. The van der Waals surface area contributed by atoms with Crippen LogP contribution in [0, 0.1) is 5.92 Å². The third kappa shape index (κ3) is 4.94. The van der Waals surface area contributed by atoms with E-state index >= 15 is 0 Å². The summed E-state index contributed by atoms with van der Waals surface area (Å²) in [5.41, 5.74) is -0.428. The molecule has 0 saturated carbocycles. The molecule has 1 aliphatic rings. The van der Waals surface area contributed by atoms with Gasteiger partial charge in [0.2, 0.25) is 0 Å². The monoisotopic (exact) mass is 359 g/mol. The molecule has 1 atom stereocenters. The molecule has 25 heavy (non-hydrogen) atoms. The molecule has 5 nitrogen and oxygen atoms in total. The van der Waals surface area contributed by atoms with Crippen LogP contribution in [0.25, 0.3) is 0 Å². The number of hydrogen-bond donors (Lipinski definition) is 2. The van der Waals surface area contributed by atoms with Crippen LogP contribution >= 0.6 is 0 Å². The molecule has 138 valence electrons. The molecule has 1 amide bonds. The SMILES string of the molecule is COC(=O)C1CC[NH+]([C@H](C)C(=O)Nc2ccc(C(F)(F)F)cc2)CC1. The number of alkyl halides is 3. The molecule has 1 aromatic carbocycles. The summed E-state index contributed by atoms with van der Waals surface area (Å²) in [5, 5.41) is 2.64. The van der Waals surface area contributed by atoms with E-state index in [1.165, 1.54) is 19.2 Å². The van der Waals surface area contributed by atoms with Gasteiger partial charge >= 0.3 is 12.1 Å². The number of likely N-dealkylation sites (tertiary alicyclic amines) is 1. The Hall–Kier alpha value is -2.09. The molecule has 0 bridgehead atoms. The highest BCUT2D eigenvalue weighted by Gasteiger charge is 2.33. The molecule has 2 rings (SSSR count). The van der Waals surface area contributed by atoms with Gasteiger partial charge in [0.25, 0.3) is 5.91 Å². The Balaban J connectivity index is 1.89. The Morgan fingerprint density at radius 3 is 2.24 bits per heavy atom. The molecule has 8 heteroatoms. The highest BCUT2D eigenvalue weighted by Crippen LogP contribution is 2.29. The molecule has 1 fully saturated rings. The highest BCUT2D eigenvalue weighted by atomic mass is 19.4. The number of benzene rings is 1. The van der Waals surface area contributed by atoms with Crippen molar-refractivity contribution in [1.82, 2.24) is 0 Å². The van der Waals surface area contributed by atoms with Crippen molar-refractivity contribution in [2.24, 2.45) is 5.92 Å².